The number of imidazole rings is 1. The summed E-state index contributed by atoms with van der Waals surface area (Å²) in [6, 6.07) is 46.6. The Morgan fingerprint density at radius 3 is 1.61 bits per heavy atom. The predicted molar refractivity (Wildman–Crippen MR) is 186 cm³/mol. The average molecular weight is 567 g/mol. The Balaban J connectivity index is 1.29. The van der Waals surface area contributed by atoms with Gasteiger partial charge >= 0.3 is 0 Å². The summed E-state index contributed by atoms with van der Waals surface area (Å²) in [4.78, 5) is 5.00. The molecular weight excluding hydrogens is 532 g/mol. The summed E-state index contributed by atoms with van der Waals surface area (Å²) in [5.74, 6) is 1.57. The SMILES string of the molecule is CCc1nc2c(n1-c1ccc(-c3c4ccccc4c(-c4ccc(-c5ccccc5)cc4)c4ccccc34)cc1)C(C)CC=C2. The van der Waals surface area contributed by atoms with Gasteiger partial charge in [0.05, 0.1) is 11.4 Å². The van der Waals surface area contributed by atoms with Crippen LogP contribution in [0.1, 0.15) is 43.4 Å². The van der Waals surface area contributed by atoms with E-state index in [9.17, 15) is 0 Å². The second-order valence-electron chi connectivity index (χ2n) is 11.9. The number of hydrogen-bond acceptors (Lipinski definition) is 1. The second-order valence-corrected chi connectivity index (χ2v) is 11.9. The molecule has 8 rings (SSSR count). The molecular formula is C42H34N2. The Morgan fingerprint density at radius 2 is 1.07 bits per heavy atom. The van der Waals surface area contributed by atoms with Crippen LogP contribution in [-0.4, -0.2) is 9.55 Å². The Labute approximate surface area is 259 Å². The van der Waals surface area contributed by atoms with Crippen LogP contribution in [0.15, 0.2) is 133 Å². The van der Waals surface area contributed by atoms with Gasteiger partial charge in [0.2, 0.25) is 0 Å². The van der Waals surface area contributed by atoms with Crippen LogP contribution >= 0.6 is 0 Å². The van der Waals surface area contributed by atoms with E-state index < -0.39 is 0 Å². The molecule has 2 heteroatoms. The highest BCUT2D eigenvalue weighted by atomic mass is 15.1. The van der Waals surface area contributed by atoms with E-state index in [-0.39, 0.29) is 0 Å². The molecule has 0 aliphatic heterocycles. The van der Waals surface area contributed by atoms with Gasteiger partial charge in [0.1, 0.15) is 5.82 Å². The first kappa shape index (κ1) is 26.4. The zero-order chi connectivity index (χ0) is 29.6. The minimum atomic E-state index is 0.449. The van der Waals surface area contributed by atoms with Crippen LogP contribution in [0.3, 0.4) is 0 Å². The van der Waals surface area contributed by atoms with Crippen molar-refractivity contribution in [2.45, 2.75) is 32.6 Å². The lowest BCUT2D eigenvalue weighted by Gasteiger charge is -2.20. The standard InChI is InChI=1S/C42H34N2/c1-3-39-43-38-19-11-12-28(2)42(38)44(39)33-26-24-32(25-27-33)41-36-17-9-7-15-34(36)40(35-16-8-10-18-37(35)41)31-22-20-30(21-23-31)29-13-5-4-6-14-29/h4-11,13-28H,3,12H2,1-2H3. The summed E-state index contributed by atoms with van der Waals surface area (Å²) in [6.07, 6.45) is 6.40. The average Bonchev–Trinajstić information content (AvgIpc) is 3.48. The maximum absolute atomic E-state index is 5.00. The summed E-state index contributed by atoms with van der Waals surface area (Å²) < 4.78 is 2.39. The van der Waals surface area contributed by atoms with E-state index in [1.165, 1.54) is 66.3 Å². The zero-order valence-electron chi connectivity index (χ0n) is 25.2. The van der Waals surface area contributed by atoms with E-state index in [1.807, 2.05) is 0 Å². The largest absolute Gasteiger partial charge is 0.300 e. The van der Waals surface area contributed by atoms with Gasteiger partial charge in [-0.05, 0) is 79.6 Å². The number of allylic oxidation sites excluding steroid dienone is 1. The summed E-state index contributed by atoms with van der Waals surface area (Å²) in [5, 5.41) is 5.09. The molecule has 7 aromatic rings. The Morgan fingerprint density at radius 1 is 0.591 bits per heavy atom. The van der Waals surface area contributed by atoms with Crippen LogP contribution in [0.25, 0.3) is 66.7 Å². The van der Waals surface area contributed by atoms with Crippen molar-refractivity contribution in [3.05, 3.63) is 151 Å². The number of fused-ring (bicyclic) bond motifs is 3. The van der Waals surface area contributed by atoms with E-state index >= 15 is 0 Å². The minimum absolute atomic E-state index is 0.449. The molecule has 0 N–H and O–H groups in total. The summed E-state index contributed by atoms with van der Waals surface area (Å²) in [6.45, 7) is 4.51. The first-order valence-electron chi connectivity index (χ1n) is 15.7. The van der Waals surface area contributed by atoms with Crippen LogP contribution in [0, 0.1) is 0 Å². The molecule has 1 aliphatic rings. The topological polar surface area (TPSA) is 17.8 Å². The van der Waals surface area contributed by atoms with Crippen LogP contribution in [0.4, 0.5) is 0 Å². The molecule has 0 spiro atoms. The highest BCUT2D eigenvalue weighted by Crippen LogP contribution is 2.44. The highest BCUT2D eigenvalue weighted by molar-refractivity contribution is 6.21. The van der Waals surface area contributed by atoms with Gasteiger partial charge in [-0.15, -0.1) is 0 Å². The van der Waals surface area contributed by atoms with E-state index in [0.717, 1.165) is 24.4 Å². The summed E-state index contributed by atoms with van der Waals surface area (Å²) in [7, 11) is 0. The van der Waals surface area contributed by atoms with Gasteiger partial charge in [0.15, 0.2) is 0 Å². The molecule has 2 nitrogen and oxygen atoms in total. The van der Waals surface area contributed by atoms with Crippen molar-refractivity contribution < 1.29 is 0 Å². The van der Waals surface area contributed by atoms with Crippen LogP contribution < -0.4 is 0 Å². The van der Waals surface area contributed by atoms with Gasteiger partial charge < -0.3 is 0 Å². The maximum atomic E-state index is 5.00. The quantitative estimate of drug-likeness (QED) is 0.190. The summed E-state index contributed by atoms with van der Waals surface area (Å²) >= 11 is 0. The third kappa shape index (κ3) is 4.29. The van der Waals surface area contributed by atoms with E-state index in [2.05, 4.69) is 158 Å². The van der Waals surface area contributed by atoms with Crippen molar-refractivity contribution >= 4 is 27.6 Å². The Hall–Kier alpha value is -5.21. The lowest BCUT2D eigenvalue weighted by Crippen LogP contribution is -2.09. The second kappa shape index (κ2) is 10.8. The maximum Gasteiger partial charge on any atom is 0.113 e. The molecule has 0 saturated carbocycles. The molecule has 0 radical (unpaired) electrons. The molecule has 1 unspecified atom stereocenters. The lowest BCUT2D eigenvalue weighted by atomic mass is 9.85. The minimum Gasteiger partial charge on any atom is -0.300 e. The fourth-order valence-corrected chi connectivity index (χ4v) is 7.10. The van der Waals surface area contributed by atoms with Crippen LogP contribution in [-0.2, 0) is 6.42 Å². The number of aromatic nitrogens is 2. The molecule has 44 heavy (non-hydrogen) atoms. The zero-order valence-corrected chi connectivity index (χ0v) is 25.2. The predicted octanol–water partition coefficient (Wildman–Crippen LogP) is 11.3. The number of hydrogen-bond donors (Lipinski definition) is 0. The molecule has 6 aromatic carbocycles. The van der Waals surface area contributed by atoms with Crippen molar-refractivity contribution in [2.75, 3.05) is 0 Å². The van der Waals surface area contributed by atoms with Crippen molar-refractivity contribution in [3.8, 4) is 39.1 Å². The molecule has 1 heterocycles. The van der Waals surface area contributed by atoms with Gasteiger partial charge in [0, 0.05) is 18.0 Å². The van der Waals surface area contributed by atoms with Crippen LogP contribution in [0.2, 0.25) is 0 Å². The van der Waals surface area contributed by atoms with E-state index in [1.54, 1.807) is 0 Å². The third-order valence-corrected chi connectivity index (χ3v) is 9.19. The molecule has 1 aromatic heterocycles. The Bertz CT molecular complexity index is 2110. The number of nitrogens with zero attached hydrogens (tertiary/aromatic N) is 2. The smallest absolute Gasteiger partial charge is 0.113 e. The van der Waals surface area contributed by atoms with Crippen molar-refractivity contribution in [2.24, 2.45) is 0 Å². The molecule has 0 amide bonds. The number of rotatable bonds is 5. The molecule has 1 aliphatic carbocycles. The normalized spacial score (nSPS) is 14.3. The van der Waals surface area contributed by atoms with Gasteiger partial charge in [0.25, 0.3) is 0 Å². The van der Waals surface area contributed by atoms with Crippen molar-refractivity contribution in [1.82, 2.24) is 9.55 Å². The Kier molecular flexibility index (Phi) is 6.49. The monoisotopic (exact) mass is 566 g/mol. The van der Waals surface area contributed by atoms with Crippen molar-refractivity contribution in [3.63, 3.8) is 0 Å². The van der Waals surface area contributed by atoms with Gasteiger partial charge in [-0.1, -0.05) is 135 Å². The summed E-state index contributed by atoms with van der Waals surface area (Å²) in [5.41, 5.74) is 11.1. The van der Waals surface area contributed by atoms with Gasteiger partial charge in [-0.25, -0.2) is 4.98 Å². The molecule has 212 valence electrons. The molecule has 0 bridgehead atoms. The van der Waals surface area contributed by atoms with Crippen LogP contribution in [0.5, 0.6) is 0 Å². The first-order chi connectivity index (χ1) is 21.7. The van der Waals surface area contributed by atoms with Gasteiger partial charge in [-0.2, -0.15) is 0 Å². The first-order valence-corrected chi connectivity index (χ1v) is 15.7. The van der Waals surface area contributed by atoms with E-state index in [4.69, 9.17) is 4.98 Å². The lowest BCUT2D eigenvalue weighted by molar-refractivity contribution is 0.707. The third-order valence-electron chi connectivity index (χ3n) is 9.19. The molecule has 0 saturated heterocycles. The van der Waals surface area contributed by atoms with Gasteiger partial charge in [-0.3, -0.25) is 4.57 Å². The fourth-order valence-electron chi connectivity index (χ4n) is 7.10. The molecule has 0 fully saturated rings. The van der Waals surface area contributed by atoms with Crippen molar-refractivity contribution in [1.29, 1.82) is 0 Å². The molecule has 1 atom stereocenters. The number of benzene rings is 6. The fraction of sp³-hybridized carbons (Fsp3) is 0.119. The number of aryl methyl sites for hydroxylation is 1. The van der Waals surface area contributed by atoms with E-state index in [0.29, 0.717) is 5.92 Å². The highest BCUT2D eigenvalue weighted by Gasteiger charge is 2.23.